The Hall–Kier alpha value is -3.98. The number of hydrogen-bond acceptors (Lipinski definition) is 6. The highest BCUT2D eigenvalue weighted by Gasteiger charge is 2.19. The van der Waals surface area contributed by atoms with Crippen LogP contribution in [0.1, 0.15) is 47.1 Å². The molecule has 0 saturated heterocycles. The number of aromatic hydroxyl groups is 1. The van der Waals surface area contributed by atoms with Gasteiger partial charge in [0, 0.05) is 18.5 Å². The zero-order valence-corrected chi connectivity index (χ0v) is 17.2. The van der Waals surface area contributed by atoms with Crippen LogP contribution in [0.3, 0.4) is 0 Å². The lowest BCUT2D eigenvalue weighted by Crippen LogP contribution is -2.11. The summed E-state index contributed by atoms with van der Waals surface area (Å²) in [4.78, 5) is 28.3. The molecule has 0 atom stereocenters. The zero-order chi connectivity index (χ0) is 22.2. The number of nitriles is 1. The van der Waals surface area contributed by atoms with Crippen LogP contribution < -0.4 is 0 Å². The summed E-state index contributed by atoms with van der Waals surface area (Å²) in [5.41, 5.74) is 3.41. The highest BCUT2D eigenvalue weighted by Crippen LogP contribution is 2.25. The Morgan fingerprint density at radius 1 is 1.03 bits per heavy atom. The lowest BCUT2D eigenvalue weighted by atomic mass is 10.0. The first-order chi connectivity index (χ1) is 15.0. The molecule has 0 fully saturated rings. The van der Waals surface area contributed by atoms with Gasteiger partial charge < -0.3 is 9.84 Å². The lowest BCUT2D eigenvalue weighted by Gasteiger charge is -2.09. The highest BCUT2D eigenvalue weighted by molar-refractivity contribution is 5.98. The number of ether oxygens (including phenoxy) is 1. The average molecular weight is 414 g/mol. The predicted molar refractivity (Wildman–Crippen MR) is 115 cm³/mol. The van der Waals surface area contributed by atoms with Crippen LogP contribution in [0.15, 0.2) is 60.7 Å². The molecule has 0 bridgehead atoms. The Bertz CT molecular complexity index is 1120. The number of carbonyl (C=O) groups is 2. The lowest BCUT2D eigenvalue weighted by molar-refractivity contribution is -0.143. The molecule has 1 aromatic heterocycles. The number of benzene rings is 2. The first kappa shape index (κ1) is 21.7. The van der Waals surface area contributed by atoms with Gasteiger partial charge in [-0.3, -0.25) is 9.59 Å². The van der Waals surface area contributed by atoms with Crippen molar-refractivity contribution in [3.63, 3.8) is 0 Å². The summed E-state index contributed by atoms with van der Waals surface area (Å²) >= 11 is 0. The van der Waals surface area contributed by atoms with E-state index in [0.717, 1.165) is 16.7 Å². The second kappa shape index (κ2) is 10.2. The second-order valence-electron chi connectivity index (χ2n) is 6.94. The quantitative estimate of drug-likeness (QED) is 0.432. The minimum Gasteiger partial charge on any atom is -0.504 e. The Labute approximate surface area is 180 Å². The van der Waals surface area contributed by atoms with Gasteiger partial charge in [0.05, 0.1) is 18.6 Å². The molecule has 0 aliphatic carbocycles. The summed E-state index contributed by atoms with van der Waals surface area (Å²) in [7, 11) is 0. The molecular weight excluding hydrogens is 392 g/mol. The van der Waals surface area contributed by atoms with Crippen molar-refractivity contribution in [1.29, 1.82) is 5.26 Å². The van der Waals surface area contributed by atoms with Gasteiger partial charge in [-0.2, -0.15) is 5.26 Å². The van der Waals surface area contributed by atoms with Gasteiger partial charge >= 0.3 is 5.97 Å². The molecular formula is C25H22N2O4. The average Bonchev–Trinajstić information content (AvgIpc) is 2.79. The van der Waals surface area contributed by atoms with Gasteiger partial charge in [-0.15, -0.1) is 0 Å². The molecule has 6 nitrogen and oxygen atoms in total. The fraction of sp³-hybridized carbons (Fsp3) is 0.200. The number of rotatable bonds is 8. The molecule has 0 unspecified atom stereocenters. The van der Waals surface area contributed by atoms with Crippen molar-refractivity contribution >= 4 is 11.8 Å². The van der Waals surface area contributed by atoms with Crippen LogP contribution in [-0.2, 0) is 16.0 Å². The van der Waals surface area contributed by atoms with E-state index in [1.54, 1.807) is 6.92 Å². The molecule has 31 heavy (non-hydrogen) atoms. The molecule has 1 heterocycles. The number of esters is 1. The third-order valence-corrected chi connectivity index (χ3v) is 4.74. The molecule has 0 saturated carbocycles. The van der Waals surface area contributed by atoms with Crippen molar-refractivity contribution in [2.24, 2.45) is 0 Å². The fourth-order valence-corrected chi connectivity index (χ4v) is 3.18. The highest BCUT2D eigenvalue weighted by atomic mass is 16.5. The maximum Gasteiger partial charge on any atom is 0.306 e. The smallest absolute Gasteiger partial charge is 0.306 e. The Morgan fingerprint density at radius 3 is 2.35 bits per heavy atom. The van der Waals surface area contributed by atoms with E-state index in [1.165, 1.54) is 6.07 Å². The molecule has 1 N–H and O–H groups in total. The number of nitrogens with zero attached hydrogens (tertiary/aromatic N) is 2. The van der Waals surface area contributed by atoms with E-state index in [2.05, 4.69) is 4.98 Å². The first-order valence-electron chi connectivity index (χ1n) is 9.98. The summed E-state index contributed by atoms with van der Waals surface area (Å²) in [5, 5.41) is 19.6. The molecule has 6 heteroatoms. The zero-order valence-electron chi connectivity index (χ0n) is 17.2. The molecule has 2 aromatic carbocycles. The molecule has 156 valence electrons. The van der Waals surface area contributed by atoms with Crippen molar-refractivity contribution < 1.29 is 19.4 Å². The topological polar surface area (TPSA) is 100 Å². The van der Waals surface area contributed by atoms with Crippen LogP contribution >= 0.6 is 0 Å². The molecule has 0 aliphatic heterocycles. The van der Waals surface area contributed by atoms with E-state index in [9.17, 15) is 20.0 Å². The Balaban J connectivity index is 1.80. The standard InChI is InChI=1S/C25H22N2O4/c1-2-31-23(29)13-12-22(28)24-25(30)20(16-26)15-21(27-24)14-17-8-10-19(11-9-17)18-6-4-3-5-7-18/h3-11,15,30H,2,12-14H2,1H3. The monoisotopic (exact) mass is 414 g/mol. The van der Waals surface area contributed by atoms with E-state index in [1.807, 2.05) is 60.7 Å². The third-order valence-electron chi connectivity index (χ3n) is 4.74. The van der Waals surface area contributed by atoms with Gasteiger partial charge in [0.15, 0.2) is 11.5 Å². The van der Waals surface area contributed by atoms with Crippen LogP contribution in [0, 0.1) is 11.3 Å². The maximum atomic E-state index is 12.5. The minimum atomic E-state index is -0.511. The third kappa shape index (κ3) is 5.55. The number of carbonyl (C=O) groups excluding carboxylic acids is 2. The molecule has 0 aliphatic rings. The van der Waals surface area contributed by atoms with Crippen molar-refractivity contribution in [1.82, 2.24) is 4.98 Å². The van der Waals surface area contributed by atoms with Crippen molar-refractivity contribution in [3.8, 4) is 22.9 Å². The summed E-state index contributed by atoms with van der Waals surface area (Å²) < 4.78 is 4.82. The van der Waals surface area contributed by atoms with Gasteiger partial charge in [-0.1, -0.05) is 54.6 Å². The van der Waals surface area contributed by atoms with Gasteiger partial charge in [0.1, 0.15) is 11.8 Å². The Kier molecular flexibility index (Phi) is 7.13. The molecule has 0 spiro atoms. The normalized spacial score (nSPS) is 10.3. The first-order valence-corrected chi connectivity index (χ1v) is 9.98. The van der Waals surface area contributed by atoms with E-state index in [-0.39, 0.29) is 30.7 Å². The predicted octanol–water partition coefficient (Wildman–Crippen LogP) is 4.44. The van der Waals surface area contributed by atoms with Crippen LogP contribution in [0.2, 0.25) is 0 Å². The number of Topliss-reactive ketones (excluding diaryl/α,β-unsaturated/α-hetero) is 1. The largest absolute Gasteiger partial charge is 0.504 e. The summed E-state index contributed by atoms with van der Waals surface area (Å²) in [6.45, 7) is 1.91. The number of ketones is 1. The van der Waals surface area contributed by atoms with E-state index in [0.29, 0.717) is 12.1 Å². The fourth-order valence-electron chi connectivity index (χ4n) is 3.18. The van der Waals surface area contributed by atoms with Crippen molar-refractivity contribution in [2.75, 3.05) is 6.61 Å². The summed E-state index contributed by atoms with van der Waals surface area (Å²) in [5.74, 6) is -1.46. The van der Waals surface area contributed by atoms with Crippen LogP contribution in [-0.4, -0.2) is 28.4 Å². The molecule has 0 radical (unpaired) electrons. The molecule has 3 aromatic rings. The summed E-state index contributed by atoms with van der Waals surface area (Å²) in [6.07, 6.45) is 0.128. The van der Waals surface area contributed by atoms with Crippen LogP contribution in [0.25, 0.3) is 11.1 Å². The van der Waals surface area contributed by atoms with Gasteiger partial charge in [-0.25, -0.2) is 4.98 Å². The Morgan fingerprint density at radius 2 is 1.71 bits per heavy atom. The van der Waals surface area contributed by atoms with Gasteiger partial charge in [0.25, 0.3) is 0 Å². The number of hydrogen-bond donors (Lipinski definition) is 1. The number of pyridine rings is 1. The molecule has 3 rings (SSSR count). The number of aromatic nitrogens is 1. The molecule has 0 amide bonds. The van der Waals surface area contributed by atoms with E-state index in [4.69, 9.17) is 4.74 Å². The SMILES string of the molecule is CCOC(=O)CCC(=O)c1nc(Cc2ccc(-c3ccccc3)cc2)cc(C#N)c1O. The minimum absolute atomic E-state index is 0.0228. The second-order valence-corrected chi connectivity index (χ2v) is 6.94. The summed E-state index contributed by atoms with van der Waals surface area (Å²) in [6, 6.07) is 21.3. The van der Waals surface area contributed by atoms with Crippen LogP contribution in [0.4, 0.5) is 0 Å². The van der Waals surface area contributed by atoms with E-state index >= 15 is 0 Å². The maximum absolute atomic E-state index is 12.5. The van der Waals surface area contributed by atoms with Gasteiger partial charge in [0.2, 0.25) is 0 Å². The van der Waals surface area contributed by atoms with Crippen molar-refractivity contribution in [3.05, 3.63) is 83.2 Å². The van der Waals surface area contributed by atoms with E-state index < -0.39 is 17.5 Å². The van der Waals surface area contributed by atoms with Crippen molar-refractivity contribution in [2.45, 2.75) is 26.2 Å². The van der Waals surface area contributed by atoms with Gasteiger partial charge in [-0.05, 0) is 29.7 Å². The van der Waals surface area contributed by atoms with Crippen LogP contribution in [0.5, 0.6) is 5.75 Å².